The molecular weight excluding hydrogens is 240 g/mol. The van der Waals surface area contributed by atoms with Crippen molar-refractivity contribution in [3.63, 3.8) is 0 Å². The number of urea groups is 2. The molecule has 0 aromatic heterocycles. The van der Waals surface area contributed by atoms with E-state index in [-0.39, 0.29) is 11.3 Å². The molecule has 4 amide bonds. The van der Waals surface area contributed by atoms with Crippen LogP contribution in [0.5, 0.6) is 0 Å². The number of nitrogens with one attached hydrogen (secondary N) is 1. The number of amides is 4. The van der Waals surface area contributed by atoms with Gasteiger partial charge in [-0.3, -0.25) is 5.32 Å². The summed E-state index contributed by atoms with van der Waals surface area (Å²) < 4.78 is 0. The lowest BCUT2D eigenvalue weighted by Crippen LogP contribution is -2.38. The molecule has 0 rings (SSSR count). The number of amidine groups is 1. The first kappa shape index (κ1) is 15.8. The molecule has 7 heteroatoms. The van der Waals surface area contributed by atoms with E-state index in [2.05, 4.69) is 10.3 Å². The highest BCUT2D eigenvalue weighted by atomic mass is 32.2. The summed E-state index contributed by atoms with van der Waals surface area (Å²) in [6.45, 7) is 3.92. The van der Waals surface area contributed by atoms with Crippen LogP contribution in [0.4, 0.5) is 9.59 Å². The zero-order valence-corrected chi connectivity index (χ0v) is 12.0. The van der Waals surface area contributed by atoms with Crippen molar-refractivity contribution in [3.05, 3.63) is 0 Å². The SMILES string of the molecule is CC(C)SC(=NC(=O)N(C)C)NC(=O)N(C)C. The Morgan fingerprint density at radius 3 is 2.00 bits per heavy atom. The predicted molar refractivity (Wildman–Crippen MR) is 71.5 cm³/mol. The molecule has 6 nitrogen and oxygen atoms in total. The second-order valence-electron chi connectivity index (χ2n) is 4.09. The maximum Gasteiger partial charge on any atom is 0.345 e. The molecule has 0 unspecified atom stereocenters. The Labute approximate surface area is 106 Å². The lowest BCUT2D eigenvalue weighted by Gasteiger charge is -2.15. The third-order valence-corrected chi connectivity index (χ3v) is 2.44. The number of thioether (sulfide) groups is 1. The quantitative estimate of drug-likeness (QED) is 0.573. The molecule has 1 N–H and O–H groups in total. The molecule has 0 saturated carbocycles. The monoisotopic (exact) mass is 260 g/mol. The zero-order chi connectivity index (χ0) is 13.6. The van der Waals surface area contributed by atoms with Gasteiger partial charge in [-0.05, 0) is 0 Å². The molecule has 0 aromatic carbocycles. The van der Waals surface area contributed by atoms with Crippen molar-refractivity contribution in [2.45, 2.75) is 19.1 Å². The smallest absolute Gasteiger partial charge is 0.331 e. The van der Waals surface area contributed by atoms with Crippen molar-refractivity contribution < 1.29 is 9.59 Å². The van der Waals surface area contributed by atoms with Crippen molar-refractivity contribution in [1.82, 2.24) is 15.1 Å². The average molecular weight is 260 g/mol. The highest BCUT2D eigenvalue weighted by Crippen LogP contribution is 2.11. The molecule has 0 aliphatic heterocycles. The molecule has 0 aromatic rings. The Bertz CT molecular complexity index is 313. The number of hydrogen-bond donors (Lipinski definition) is 1. The van der Waals surface area contributed by atoms with Crippen LogP contribution in [0.1, 0.15) is 13.8 Å². The van der Waals surface area contributed by atoms with Gasteiger partial charge in [0.05, 0.1) is 0 Å². The highest BCUT2D eigenvalue weighted by Gasteiger charge is 2.12. The molecule has 98 valence electrons. The molecule has 0 radical (unpaired) electrons. The minimum atomic E-state index is -0.396. The first-order valence-corrected chi connectivity index (χ1v) is 6.07. The standard InChI is InChI=1S/C10H20N4O2S/c1-7(2)17-8(11-9(15)13(3)4)12-10(16)14(5)6/h7H,1-6H3,(H,11,12,15,16). The number of carbonyl (C=O) groups is 2. The number of aliphatic imine (C=N–C) groups is 1. The third kappa shape index (κ3) is 6.83. The van der Waals surface area contributed by atoms with E-state index < -0.39 is 6.03 Å². The van der Waals surface area contributed by atoms with Crippen LogP contribution >= 0.6 is 11.8 Å². The summed E-state index contributed by atoms with van der Waals surface area (Å²) in [7, 11) is 6.47. The van der Waals surface area contributed by atoms with E-state index in [4.69, 9.17) is 0 Å². The zero-order valence-electron chi connectivity index (χ0n) is 11.1. The maximum absolute atomic E-state index is 11.5. The summed E-state index contributed by atoms with van der Waals surface area (Å²) in [4.78, 5) is 29.5. The average Bonchev–Trinajstić information content (AvgIpc) is 2.15. The molecule has 0 fully saturated rings. The van der Waals surface area contributed by atoms with Gasteiger partial charge >= 0.3 is 12.1 Å². The summed E-state index contributed by atoms with van der Waals surface area (Å²) in [5.41, 5.74) is 0. The van der Waals surface area contributed by atoms with E-state index in [1.807, 2.05) is 13.8 Å². The predicted octanol–water partition coefficient (Wildman–Crippen LogP) is 1.44. The van der Waals surface area contributed by atoms with E-state index >= 15 is 0 Å². The Kier molecular flexibility index (Phi) is 6.64. The molecule has 0 bridgehead atoms. The van der Waals surface area contributed by atoms with E-state index in [9.17, 15) is 9.59 Å². The van der Waals surface area contributed by atoms with Gasteiger partial charge in [0, 0.05) is 33.4 Å². The topological polar surface area (TPSA) is 65.0 Å². The van der Waals surface area contributed by atoms with E-state index in [0.29, 0.717) is 5.17 Å². The normalized spacial score (nSPS) is 11.4. The van der Waals surface area contributed by atoms with Crippen LogP contribution in [0.3, 0.4) is 0 Å². The largest absolute Gasteiger partial charge is 0.345 e. The maximum atomic E-state index is 11.5. The molecule has 0 atom stereocenters. The fourth-order valence-corrected chi connectivity index (χ4v) is 1.42. The lowest BCUT2D eigenvalue weighted by molar-refractivity contribution is 0.222. The van der Waals surface area contributed by atoms with Crippen molar-refractivity contribution in [2.24, 2.45) is 4.99 Å². The molecule has 0 aliphatic carbocycles. The van der Waals surface area contributed by atoms with Gasteiger partial charge in [-0.1, -0.05) is 25.6 Å². The van der Waals surface area contributed by atoms with E-state index in [1.54, 1.807) is 28.2 Å². The van der Waals surface area contributed by atoms with Crippen LogP contribution in [0, 0.1) is 0 Å². The van der Waals surface area contributed by atoms with Gasteiger partial charge in [-0.2, -0.15) is 4.99 Å². The van der Waals surface area contributed by atoms with Crippen LogP contribution in [0.2, 0.25) is 0 Å². The van der Waals surface area contributed by atoms with Crippen molar-refractivity contribution >= 4 is 29.0 Å². The van der Waals surface area contributed by atoms with Crippen LogP contribution in [0.15, 0.2) is 4.99 Å². The molecular formula is C10H20N4O2S. The van der Waals surface area contributed by atoms with Gasteiger partial charge in [-0.15, -0.1) is 0 Å². The van der Waals surface area contributed by atoms with Gasteiger partial charge in [0.15, 0.2) is 5.17 Å². The van der Waals surface area contributed by atoms with Gasteiger partial charge in [0.2, 0.25) is 0 Å². The van der Waals surface area contributed by atoms with E-state index in [1.165, 1.54) is 21.6 Å². The molecule has 0 saturated heterocycles. The van der Waals surface area contributed by atoms with Crippen molar-refractivity contribution in [2.75, 3.05) is 28.2 Å². The third-order valence-electron chi connectivity index (χ3n) is 1.55. The Morgan fingerprint density at radius 2 is 1.65 bits per heavy atom. The van der Waals surface area contributed by atoms with Gasteiger partial charge in [0.1, 0.15) is 0 Å². The lowest BCUT2D eigenvalue weighted by atomic mass is 10.6. The Balaban J connectivity index is 4.76. The molecule has 0 heterocycles. The van der Waals surface area contributed by atoms with Crippen LogP contribution < -0.4 is 5.32 Å². The molecule has 0 aliphatic rings. The summed E-state index contributed by atoms with van der Waals surface area (Å²) >= 11 is 1.33. The van der Waals surface area contributed by atoms with Gasteiger partial charge in [0.25, 0.3) is 0 Å². The Hall–Kier alpha value is -1.24. The minimum absolute atomic E-state index is 0.228. The van der Waals surface area contributed by atoms with Gasteiger partial charge in [-0.25, -0.2) is 9.59 Å². The number of nitrogens with zero attached hydrogens (tertiary/aromatic N) is 3. The fraction of sp³-hybridized carbons (Fsp3) is 0.700. The summed E-state index contributed by atoms with van der Waals surface area (Å²) in [6, 6.07) is -0.698. The molecule has 0 spiro atoms. The Morgan fingerprint density at radius 1 is 1.12 bits per heavy atom. The first-order chi connectivity index (χ1) is 7.73. The first-order valence-electron chi connectivity index (χ1n) is 5.19. The number of hydrogen-bond acceptors (Lipinski definition) is 3. The summed E-state index contributed by atoms with van der Waals surface area (Å²) in [5.74, 6) is 0. The van der Waals surface area contributed by atoms with E-state index in [0.717, 1.165) is 0 Å². The van der Waals surface area contributed by atoms with Crippen LogP contribution in [0.25, 0.3) is 0 Å². The highest BCUT2D eigenvalue weighted by molar-refractivity contribution is 8.14. The van der Waals surface area contributed by atoms with Crippen molar-refractivity contribution in [3.8, 4) is 0 Å². The second kappa shape index (κ2) is 7.16. The minimum Gasteiger partial charge on any atom is -0.331 e. The van der Waals surface area contributed by atoms with Gasteiger partial charge < -0.3 is 9.80 Å². The van der Waals surface area contributed by atoms with Crippen LogP contribution in [-0.4, -0.2) is 60.5 Å². The molecule has 17 heavy (non-hydrogen) atoms. The second-order valence-corrected chi connectivity index (χ2v) is 5.65. The van der Waals surface area contributed by atoms with Crippen LogP contribution in [-0.2, 0) is 0 Å². The number of rotatable bonds is 1. The van der Waals surface area contributed by atoms with Crippen molar-refractivity contribution in [1.29, 1.82) is 0 Å². The summed E-state index contributed by atoms with van der Waals surface area (Å²) in [5, 5.41) is 3.13. The fourth-order valence-electron chi connectivity index (χ4n) is 0.697. The number of carbonyl (C=O) groups excluding carboxylic acids is 2. The summed E-state index contributed by atoms with van der Waals surface area (Å²) in [6.07, 6.45) is 0.